The van der Waals surface area contributed by atoms with E-state index in [2.05, 4.69) is 26.0 Å². The monoisotopic (exact) mass is 226 g/mol. The predicted octanol–water partition coefficient (Wildman–Crippen LogP) is 2.75. The quantitative estimate of drug-likeness (QED) is 0.540. The number of unbranched alkanes of at least 4 members (excludes halogenated alkanes) is 2. The maximum atomic E-state index is 9.92. The smallest absolute Gasteiger partial charge is 0.0577 e. The van der Waals surface area contributed by atoms with Crippen LogP contribution >= 0.6 is 0 Å². The predicted molar refractivity (Wildman–Crippen MR) is 67.1 cm³/mol. The van der Waals surface area contributed by atoms with Gasteiger partial charge >= 0.3 is 0 Å². The van der Waals surface area contributed by atoms with Crippen LogP contribution in [0.15, 0.2) is 12.2 Å². The van der Waals surface area contributed by atoms with Crippen molar-refractivity contribution in [2.75, 3.05) is 6.61 Å². The lowest BCUT2D eigenvalue weighted by Gasteiger charge is -2.20. The summed E-state index contributed by atoms with van der Waals surface area (Å²) in [5.74, 6) is 0.998. The van der Waals surface area contributed by atoms with E-state index in [9.17, 15) is 10.2 Å². The molecule has 0 saturated heterocycles. The van der Waals surface area contributed by atoms with Crippen LogP contribution in [0.2, 0.25) is 0 Å². The van der Waals surface area contributed by atoms with Crippen LogP contribution in [0.4, 0.5) is 0 Å². The van der Waals surface area contributed by atoms with Gasteiger partial charge < -0.3 is 10.2 Å². The molecule has 0 aliphatic heterocycles. The first kappa shape index (κ1) is 13.7. The van der Waals surface area contributed by atoms with Gasteiger partial charge in [-0.1, -0.05) is 38.8 Å². The molecule has 0 aromatic rings. The fraction of sp³-hybridized carbons (Fsp3) is 0.857. The molecule has 2 N–H and O–H groups in total. The molecule has 2 heteroatoms. The third-order valence-electron chi connectivity index (χ3n) is 3.90. The van der Waals surface area contributed by atoms with Crippen molar-refractivity contribution in [1.82, 2.24) is 0 Å². The Bertz CT molecular complexity index is 213. The van der Waals surface area contributed by atoms with Crippen LogP contribution in [0.1, 0.15) is 46.0 Å². The van der Waals surface area contributed by atoms with E-state index < -0.39 is 0 Å². The van der Waals surface area contributed by atoms with Crippen molar-refractivity contribution >= 4 is 0 Å². The minimum Gasteiger partial charge on any atom is -0.396 e. The van der Waals surface area contributed by atoms with E-state index in [0.29, 0.717) is 5.92 Å². The fourth-order valence-corrected chi connectivity index (χ4v) is 2.78. The normalized spacial score (nSPS) is 35.0. The number of hydrogen-bond acceptors (Lipinski definition) is 2. The van der Waals surface area contributed by atoms with E-state index in [0.717, 1.165) is 19.3 Å². The summed E-state index contributed by atoms with van der Waals surface area (Å²) in [4.78, 5) is 0. The Morgan fingerprint density at radius 1 is 1.25 bits per heavy atom. The molecule has 1 rings (SSSR count). The second-order valence-electron chi connectivity index (χ2n) is 5.14. The number of allylic oxidation sites excluding steroid dienone is 2. The van der Waals surface area contributed by atoms with Crippen LogP contribution in [0.3, 0.4) is 0 Å². The summed E-state index contributed by atoms with van der Waals surface area (Å²) in [5, 5.41) is 19.2. The van der Waals surface area contributed by atoms with Crippen molar-refractivity contribution in [2.24, 2.45) is 17.8 Å². The van der Waals surface area contributed by atoms with Gasteiger partial charge in [0.2, 0.25) is 0 Å². The molecule has 1 aliphatic rings. The second kappa shape index (κ2) is 7.08. The minimum atomic E-state index is -0.219. The van der Waals surface area contributed by atoms with Crippen LogP contribution in [-0.4, -0.2) is 22.9 Å². The largest absolute Gasteiger partial charge is 0.396 e. The molecule has 94 valence electrons. The molecule has 4 atom stereocenters. The van der Waals surface area contributed by atoms with Crippen molar-refractivity contribution in [3.05, 3.63) is 12.2 Å². The van der Waals surface area contributed by atoms with E-state index in [-0.39, 0.29) is 24.5 Å². The van der Waals surface area contributed by atoms with Gasteiger partial charge in [-0.15, -0.1) is 0 Å². The maximum Gasteiger partial charge on any atom is 0.0577 e. The summed E-state index contributed by atoms with van der Waals surface area (Å²) in [7, 11) is 0. The highest BCUT2D eigenvalue weighted by Gasteiger charge is 2.38. The molecule has 0 spiro atoms. The first-order valence-corrected chi connectivity index (χ1v) is 6.64. The van der Waals surface area contributed by atoms with Gasteiger partial charge in [0, 0.05) is 6.61 Å². The lowest BCUT2D eigenvalue weighted by Crippen LogP contribution is -2.22. The van der Waals surface area contributed by atoms with Gasteiger partial charge in [-0.2, -0.15) is 0 Å². The second-order valence-corrected chi connectivity index (χ2v) is 5.14. The van der Waals surface area contributed by atoms with E-state index >= 15 is 0 Å². The van der Waals surface area contributed by atoms with Crippen molar-refractivity contribution in [1.29, 1.82) is 0 Å². The van der Waals surface area contributed by atoms with E-state index in [1.54, 1.807) is 0 Å². The van der Waals surface area contributed by atoms with Gasteiger partial charge in [0.1, 0.15) is 0 Å². The third kappa shape index (κ3) is 3.60. The highest BCUT2D eigenvalue weighted by atomic mass is 16.3. The Balaban J connectivity index is 2.36. The first-order valence-electron chi connectivity index (χ1n) is 6.64. The number of aliphatic hydroxyl groups is 2. The molecule has 0 unspecified atom stereocenters. The summed E-state index contributed by atoms with van der Waals surface area (Å²) in [6.07, 6.45) is 9.55. The molecule has 16 heavy (non-hydrogen) atoms. The van der Waals surface area contributed by atoms with Crippen LogP contribution in [0, 0.1) is 17.8 Å². The summed E-state index contributed by atoms with van der Waals surface area (Å²) in [6, 6.07) is 0. The standard InChI is InChI=1S/C14H26O2/c1-3-4-5-6-7-8-12-13(10-15)11(2)9-14(12)16/h6-7,11-16H,3-5,8-10H2,1-2H3/b7-6-/t11-,12-,13+,14+/m1/s1. The number of rotatable bonds is 6. The Kier molecular flexibility index (Phi) is 6.07. The average molecular weight is 226 g/mol. The zero-order valence-electron chi connectivity index (χ0n) is 10.6. The van der Waals surface area contributed by atoms with Crippen molar-refractivity contribution in [2.45, 2.75) is 52.1 Å². The molecular formula is C14H26O2. The van der Waals surface area contributed by atoms with Crippen molar-refractivity contribution < 1.29 is 10.2 Å². The zero-order chi connectivity index (χ0) is 12.0. The molecule has 0 amide bonds. The van der Waals surface area contributed by atoms with Gasteiger partial charge in [-0.3, -0.25) is 0 Å². The highest BCUT2D eigenvalue weighted by Crippen LogP contribution is 2.38. The third-order valence-corrected chi connectivity index (χ3v) is 3.90. The lowest BCUT2D eigenvalue weighted by atomic mass is 9.88. The molecular weight excluding hydrogens is 200 g/mol. The van der Waals surface area contributed by atoms with Gasteiger partial charge in [-0.05, 0) is 37.0 Å². The summed E-state index contributed by atoms with van der Waals surface area (Å²) in [6.45, 7) is 4.54. The van der Waals surface area contributed by atoms with Crippen LogP contribution < -0.4 is 0 Å². The average Bonchev–Trinajstić information content (AvgIpc) is 2.53. The minimum absolute atomic E-state index is 0.214. The van der Waals surface area contributed by atoms with E-state index in [1.165, 1.54) is 12.8 Å². The SMILES string of the molecule is CCCC/C=C\C[C@@H]1[C@@H](CO)[C@H](C)C[C@@H]1O. The van der Waals surface area contributed by atoms with Crippen molar-refractivity contribution in [3.8, 4) is 0 Å². The van der Waals surface area contributed by atoms with Crippen LogP contribution in [0.25, 0.3) is 0 Å². The summed E-state index contributed by atoms with van der Waals surface area (Å²) < 4.78 is 0. The Morgan fingerprint density at radius 2 is 2.00 bits per heavy atom. The first-order chi connectivity index (χ1) is 7.70. The molecule has 1 aliphatic carbocycles. The topological polar surface area (TPSA) is 40.5 Å². The molecule has 2 nitrogen and oxygen atoms in total. The van der Waals surface area contributed by atoms with Gasteiger partial charge in [-0.25, -0.2) is 0 Å². The molecule has 0 bridgehead atoms. The maximum absolute atomic E-state index is 9.92. The van der Waals surface area contributed by atoms with Gasteiger partial charge in [0.15, 0.2) is 0 Å². The highest BCUT2D eigenvalue weighted by molar-refractivity contribution is 4.94. The Labute approximate surface area is 99.4 Å². The van der Waals surface area contributed by atoms with Gasteiger partial charge in [0.05, 0.1) is 6.10 Å². The molecule has 0 radical (unpaired) electrons. The van der Waals surface area contributed by atoms with Crippen molar-refractivity contribution in [3.63, 3.8) is 0 Å². The van der Waals surface area contributed by atoms with Gasteiger partial charge in [0.25, 0.3) is 0 Å². The summed E-state index contributed by atoms with van der Waals surface area (Å²) in [5.41, 5.74) is 0. The van der Waals surface area contributed by atoms with Crippen LogP contribution in [-0.2, 0) is 0 Å². The fourth-order valence-electron chi connectivity index (χ4n) is 2.78. The molecule has 0 aromatic carbocycles. The molecule has 1 fully saturated rings. The molecule has 0 aromatic heterocycles. The summed E-state index contributed by atoms with van der Waals surface area (Å²) >= 11 is 0. The van der Waals surface area contributed by atoms with E-state index in [4.69, 9.17) is 0 Å². The lowest BCUT2D eigenvalue weighted by molar-refractivity contribution is 0.0970. The van der Waals surface area contributed by atoms with Crippen LogP contribution in [0.5, 0.6) is 0 Å². The molecule has 1 saturated carbocycles. The Hall–Kier alpha value is -0.340. The molecule has 0 heterocycles. The number of hydrogen-bond donors (Lipinski definition) is 2. The van der Waals surface area contributed by atoms with E-state index in [1.807, 2.05) is 0 Å². The number of aliphatic hydroxyl groups excluding tert-OH is 2. The zero-order valence-corrected chi connectivity index (χ0v) is 10.6. The Morgan fingerprint density at radius 3 is 2.62 bits per heavy atom.